The molecule has 1 saturated heterocycles. The van der Waals surface area contributed by atoms with Crippen LogP contribution in [-0.2, 0) is 14.3 Å². The van der Waals surface area contributed by atoms with Gasteiger partial charge in [-0.15, -0.1) is 0 Å². The van der Waals surface area contributed by atoms with Crippen LogP contribution in [0.1, 0.15) is 28.6 Å². The highest BCUT2D eigenvalue weighted by Crippen LogP contribution is 2.31. The summed E-state index contributed by atoms with van der Waals surface area (Å²) in [6.45, 7) is 1.74. The number of methoxy groups -OCH3 is 1. The van der Waals surface area contributed by atoms with E-state index in [4.69, 9.17) is 20.2 Å². The summed E-state index contributed by atoms with van der Waals surface area (Å²) in [7, 11) is 5.31. The van der Waals surface area contributed by atoms with Gasteiger partial charge in [-0.2, -0.15) is 0 Å². The zero-order valence-corrected chi connectivity index (χ0v) is 17.5. The molecule has 0 aliphatic carbocycles. The first kappa shape index (κ1) is 21.7. The average Bonchev–Trinajstić information content (AvgIpc) is 2.77. The predicted molar refractivity (Wildman–Crippen MR) is 112 cm³/mol. The Morgan fingerprint density at radius 3 is 2.67 bits per heavy atom. The molecule has 1 atom stereocenters. The van der Waals surface area contributed by atoms with Crippen LogP contribution < -0.4 is 10.6 Å². The third-order valence-electron chi connectivity index (χ3n) is 4.93. The molecule has 1 aromatic carbocycles. The molecule has 1 unspecified atom stereocenters. The average molecular weight is 413 g/mol. The summed E-state index contributed by atoms with van der Waals surface area (Å²) >= 11 is 0. The molecule has 0 spiro atoms. The standard InChI is InChI=1S/C21H27N5O4/c1-25(2)21-23-12-16(14-4-6-15(7-5-14)20(22)28)19(24-21)17-13-26(9-11-30-17)18(27)8-10-29-3/h4-7,12,17H,8-11,13H2,1-3H3,(H2,22,28). The van der Waals surface area contributed by atoms with E-state index in [1.165, 1.54) is 0 Å². The number of amides is 2. The fourth-order valence-electron chi connectivity index (χ4n) is 3.27. The van der Waals surface area contributed by atoms with Crippen molar-refractivity contribution in [1.82, 2.24) is 14.9 Å². The van der Waals surface area contributed by atoms with Gasteiger partial charge in [-0.25, -0.2) is 9.97 Å². The molecule has 0 radical (unpaired) electrons. The number of primary amides is 1. The summed E-state index contributed by atoms with van der Waals surface area (Å²) in [4.78, 5) is 36.6. The lowest BCUT2D eigenvalue weighted by atomic mass is 10.00. The molecule has 0 saturated carbocycles. The summed E-state index contributed by atoms with van der Waals surface area (Å²) in [6, 6.07) is 6.96. The van der Waals surface area contributed by atoms with Gasteiger partial charge < -0.3 is 25.0 Å². The highest BCUT2D eigenvalue weighted by molar-refractivity contribution is 5.93. The Hall–Kier alpha value is -3.04. The van der Waals surface area contributed by atoms with Crippen LogP contribution in [0.15, 0.2) is 30.5 Å². The quantitative estimate of drug-likeness (QED) is 0.727. The van der Waals surface area contributed by atoms with Crippen LogP contribution in [0.4, 0.5) is 5.95 Å². The minimum atomic E-state index is -0.484. The Labute approximate surface area is 175 Å². The van der Waals surface area contributed by atoms with E-state index in [2.05, 4.69) is 4.98 Å². The van der Waals surface area contributed by atoms with Gasteiger partial charge in [0.15, 0.2) is 0 Å². The molecule has 9 nitrogen and oxygen atoms in total. The number of nitrogens with zero attached hydrogens (tertiary/aromatic N) is 4. The molecule has 0 bridgehead atoms. The van der Waals surface area contributed by atoms with Gasteiger partial charge in [-0.1, -0.05) is 12.1 Å². The number of anilines is 1. The SMILES string of the molecule is COCCC(=O)N1CCOC(c2nc(N(C)C)ncc2-c2ccc(C(N)=O)cc2)C1. The molecular weight excluding hydrogens is 386 g/mol. The van der Waals surface area contributed by atoms with E-state index in [0.717, 1.165) is 11.1 Å². The number of rotatable bonds is 7. The summed E-state index contributed by atoms with van der Waals surface area (Å²) in [5.74, 6) is 0.0927. The lowest BCUT2D eigenvalue weighted by Crippen LogP contribution is -2.43. The number of aromatic nitrogens is 2. The fourth-order valence-corrected chi connectivity index (χ4v) is 3.27. The van der Waals surface area contributed by atoms with E-state index < -0.39 is 12.0 Å². The molecule has 3 rings (SSSR count). The van der Waals surface area contributed by atoms with Crippen molar-refractivity contribution >= 4 is 17.8 Å². The maximum atomic E-state index is 12.5. The number of nitrogens with two attached hydrogens (primary N) is 1. The van der Waals surface area contributed by atoms with Crippen LogP contribution in [-0.4, -0.2) is 74.2 Å². The Bertz CT molecular complexity index is 901. The molecule has 1 aliphatic heterocycles. The molecule has 2 N–H and O–H groups in total. The van der Waals surface area contributed by atoms with Crippen molar-refractivity contribution in [1.29, 1.82) is 0 Å². The molecule has 30 heavy (non-hydrogen) atoms. The van der Waals surface area contributed by atoms with E-state index in [1.807, 2.05) is 31.1 Å². The summed E-state index contributed by atoms with van der Waals surface area (Å²) in [6.07, 6.45) is 1.68. The largest absolute Gasteiger partial charge is 0.384 e. The smallest absolute Gasteiger partial charge is 0.248 e. The molecule has 2 amide bonds. The van der Waals surface area contributed by atoms with E-state index in [9.17, 15) is 9.59 Å². The molecule has 2 aromatic rings. The zero-order chi connectivity index (χ0) is 21.7. The van der Waals surface area contributed by atoms with E-state index >= 15 is 0 Å². The number of morpholine rings is 1. The van der Waals surface area contributed by atoms with Gasteiger partial charge >= 0.3 is 0 Å². The Kier molecular flexibility index (Phi) is 6.96. The van der Waals surface area contributed by atoms with Gasteiger partial charge in [0.1, 0.15) is 6.10 Å². The molecule has 1 aliphatic rings. The van der Waals surface area contributed by atoms with E-state index in [1.54, 1.807) is 30.3 Å². The first-order valence-corrected chi connectivity index (χ1v) is 9.73. The second-order valence-corrected chi connectivity index (χ2v) is 7.25. The fraction of sp³-hybridized carbons (Fsp3) is 0.429. The Balaban J connectivity index is 1.94. The van der Waals surface area contributed by atoms with Crippen LogP contribution in [0.3, 0.4) is 0 Å². The van der Waals surface area contributed by atoms with Gasteiger partial charge in [0.2, 0.25) is 17.8 Å². The van der Waals surface area contributed by atoms with Gasteiger partial charge in [0, 0.05) is 45.1 Å². The van der Waals surface area contributed by atoms with Crippen molar-refractivity contribution in [2.75, 3.05) is 52.4 Å². The first-order chi connectivity index (χ1) is 14.4. The minimum absolute atomic E-state index is 0.0272. The topological polar surface area (TPSA) is 111 Å². The third kappa shape index (κ3) is 4.92. The lowest BCUT2D eigenvalue weighted by molar-refractivity contribution is -0.140. The molecule has 160 valence electrons. The van der Waals surface area contributed by atoms with Crippen LogP contribution in [0.25, 0.3) is 11.1 Å². The highest BCUT2D eigenvalue weighted by Gasteiger charge is 2.29. The van der Waals surface area contributed by atoms with Crippen molar-refractivity contribution in [2.45, 2.75) is 12.5 Å². The third-order valence-corrected chi connectivity index (χ3v) is 4.93. The van der Waals surface area contributed by atoms with Gasteiger partial charge in [0.05, 0.1) is 31.9 Å². The molecule has 2 heterocycles. The number of carbonyl (C=O) groups excluding carboxylic acids is 2. The van der Waals surface area contributed by atoms with Gasteiger partial charge in [0.25, 0.3) is 0 Å². The van der Waals surface area contributed by atoms with E-state index in [0.29, 0.717) is 49.9 Å². The van der Waals surface area contributed by atoms with Crippen LogP contribution in [0.2, 0.25) is 0 Å². The number of hydrogen-bond donors (Lipinski definition) is 1. The van der Waals surface area contributed by atoms with Crippen molar-refractivity contribution in [3.8, 4) is 11.1 Å². The second kappa shape index (κ2) is 9.64. The number of ether oxygens (including phenoxy) is 2. The Morgan fingerprint density at radius 2 is 2.03 bits per heavy atom. The van der Waals surface area contributed by atoms with Gasteiger partial charge in [-0.3, -0.25) is 9.59 Å². The number of carbonyl (C=O) groups is 2. The normalized spacial score (nSPS) is 16.4. The molecule has 9 heteroatoms. The van der Waals surface area contributed by atoms with Crippen molar-refractivity contribution in [3.63, 3.8) is 0 Å². The Morgan fingerprint density at radius 1 is 1.30 bits per heavy atom. The van der Waals surface area contributed by atoms with Crippen LogP contribution >= 0.6 is 0 Å². The van der Waals surface area contributed by atoms with Crippen LogP contribution in [0.5, 0.6) is 0 Å². The predicted octanol–water partition coefficient (Wildman–Crippen LogP) is 1.24. The van der Waals surface area contributed by atoms with E-state index in [-0.39, 0.29) is 5.91 Å². The molecular formula is C21H27N5O4. The molecule has 1 aromatic heterocycles. The zero-order valence-electron chi connectivity index (χ0n) is 17.5. The summed E-state index contributed by atoms with van der Waals surface area (Å²) in [5, 5.41) is 0. The van der Waals surface area contributed by atoms with Crippen molar-refractivity contribution < 1.29 is 19.1 Å². The maximum absolute atomic E-state index is 12.5. The number of hydrogen-bond acceptors (Lipinski definition) is 7. The van der Waals surface area contributed by atoms with Crippen molar-refractivity contribution in [3.05, 3.63) is 41.7 Å². The maximum Gasteiger partial charge on any atom is 0.248 e. The highest BCUT2D eigenvalue weighted by atomic mass is 16.5. The monoisotopic (exact) mass is 413 g/mol. The van der Waals surface area contributed by atoms with Crippen LogP contribution in [0, 0.1) is 0 Å². The summed E-state index contributed by atoms with van der Waals surface area (Å²) < 4.78 is 11.0. The van der Waals surface area contributed by atoms with Gasteiger partial charge in [-0.05, 0) is 17.7 Å². The first-order valence-electron chi connectivity index (χ1n) is 9.73. The van der Waals surface area contributed by atoms with Crippen molar-refractivity contribution in [2.24, 2.45) is 5.73 Å². The number of benzene rings is 1. The molecule has 1 fully saturated rings. The summed E-state index contributed by atoms with van der Waals surface area (Å²) in [5.41, 5.74) is 8.09. The second-order valence-electron chi connectivity index (χ2n) is 7.25. The lowest BCUT2D eigenvalue weighted by Gasteiger charge is -2.33. The minimum Gasteiger partial charge on any atom is -0.384 e.